The molecule has 0 saturated heterocycles. The van der Waals surface area contributed by atoms with E-state index < -0.39 is 11.9 Å². The summed E-state index contributed by atoms with van der Waals surface area (Å²) >= 11 is 0. The normalized spacial score (nSPS) is 10.3. The molecule has 0 aliphatic rings. The fourth-order valence-electron chi connectivity index (χ4n) is 0.744. The van der Waals surface area contributed by atoms with Crippen molar-refractivity contribution < 1.29 is 24.5 Å². The van der Waals surface area contributed by atoms with E-state index in [1.165, 1.54) is 6.92 Å². The molecule has 0 aromatic rings. The van der Waals surface area contributed by atoms with E-state index in [2.05, 4.69) is 0 Å². The summed E-state index contributed by atoms with van der Waals surface area (Å²) in [5.41, 5.74) is 0. The molecule has 0 amide bonds. The molecule has 0 aliphatic carbocycles. The summed E-state index contributed by atoms with van der Waals surface area (Å²) in [5, 5.41) is 17.0. The summed E-state index contributed by atoms with van der Waals surface area (Å²) in [6.45, 7) is 1.55. The highest BCUT2D eigenvalue weighted by molar-refractivity contribution is 6.36. The summed E-state index contributed by atoms with van der Waals surface area (Å²) in [6.07, 6.45) is 0.393. The summed E-state index contributed by atoms with van der Waals surface area (Å²) in [7, 11) is 0.0409. The average Bonchev–Trinajstić information content (AvgIpc) is 2.01. The highest BCUT2D eigenvalue weighted by atomic mass is 28.2. The van der Waals surface area contributed by atoms with Crippen LogP contribution in [-0.4, -0.2) is 44.0 Å². The molecule has 2 radical (unpaired) electrons. The van der Waals surface area contributed by atoms with Gasteiger partial charge >= 0.3 is 5.97 Å². The van der Waals surface area contributed by atoms with Gasteiger partial charge in [0.05, 0.1) is 6.61 Å². The van der Waals surface area contributed by atoms with Crippen LogP contribution >= 0.6 is 0 Å². The van der Waals surface area contributed by atoms with Gasteiger partial charge in [0.25, 0.3) is 0 Å². The van der Waals surface area contributed by atoms with Crippen LogP contribution in [0.15, 0.2) is 0 Å². The van der Waals surface area contributed by atoms with Crippen molar-refractivity contribution >= 4 is 21.3 Å². The minimum atomic E-state index is -1.28. The molecule has 0 unspecified atom stereocenters. The maximum Gasteiger partial charge on any atom is 0.313 e. The largest absolute Gasteiger partial charge is 0.465 e. The highest BCUT2D eigenvalue weighted by Gasteiger charge is 2.06. The molecule has 0 aliphatic heterocycles. The van der Waals surface area contributed by atoms with Gasteiger partial charge in [0.15, 0.2) is 0 Å². The zero-order valence-electron chi connectivity index (χ0n) is 8.02. The van der Waals surface area contributed by atoms with E-state index in [0.29, 0.717) is 12.5 Å². The monoisotopic (exact) mass is 218 g/mol. The van der Waals surface area contributed by atoms with Gasteiger partial charge < -0.3 is 14.9 Å². The second-order valence-electron chi connectivity index (χ2n) is 2.78. The molecule has 0 saturated carbocycles. The maximum absolute atomic E-state index is 10.8. The Morgan fingerprint density at radius 1 is 1.43 bits per heavy atom. The van der Waals surface area contributed by atoms with Gasteiger partial charge in [-0.3, -0.25) is 9.59 Å². The second kappa shape index (κ2) is 7.66. The van der Waals surface area contributed by atoms with Crippen LogP contribution in [0.3, 0.4) is 0 Å². The van der Waals surface area contributed by atoms with Crippen LogP contribution in [0.1, 0.15) is 19.8 Å². The molecule has 0 heterocycles. The third-order valence-electron chi connectivity index (χ3n) is 1.30. The van der Waals surface area contributed by atoms with Crippen molar-refractivity contribution in [2.75, 3.05) is 6.61 Å². The van der Waals surface area contributed by atoms with Gasteiger partial charge in [-0.25, -0.2) is 0 Å². The fourth-order valence-corrected chi connectivity index (χ4v) is 1.35. The molecule has 5 nitrogen and oxygen atoms in total. The van der Waals surface area contributed by atoms with E-state index in [-0.39, 0.29) is 28.3 Å². The quantitative estimate of drug-likeness (QED) is 0.194. The Balaban J connectivity index is 3.27. The lowest BCUT2D eigenvalue weighted by atomic mass is 10.3. The van der Waals surface area contributed by atoms with E-state index in [1.54, 1.807) is 0 Å². The van der Waals surface area contributed by atoms with Crippen molar-refractivity contribution in [2.45, 2.75) is 31.7 Å². The van der Waals surface area contributed by atoms with Crippen LogP contribution in [-0.2, 0) is 14.3 Å². The van der Waals surface area contributed by atoms with Crippen LogP contribution in [0.5, 0.6) is 0 Å². The first-order valence-electron chi connectivity index (χ1n) is 4.27. The minimum Gasteiger partial charge on any atom is -0.465 e. The molecule has 0 bridgehead atoms. The van der Waals surface area contributed by atoms with Crippen LogP contribution < -0.4 is 0 Å². The third kappa shape index (κ3) is 9.37. The molecule has 0 aromatic heterocycles. The lowest BCUT2D eigenvalue weighted by Gasteiger charge is -2.03. The number of carbonyl (C=O) groups excluding carboxylic acids is 2. The van der Waals surface area contributed by atoms with Crippen LogP contribution in [0.25, 0.3) is 0 Å². The van der Waals surface area contributed by atoms with Gasteiger partial charge in [-0.2, -0.15) is 0 Å². The Kier molecular flexibility index (Phi) is 7.26. The van der Waals surface area contributed by atoms with Crippen molar-refractivity contribution in [3.8, 4) is 0 Å². The van der Waals surface area contributed by atoms with Crippen LogP contribution in [0.2, 0.25) is 6.04 Å². The Morgan fingerprint density at radius 2 is 2.07 bits per heavy atom. The highest BCUT2D eigenvalue weighted by Crippen LogP contribution is 1.94. The molecule has 6 heteroatoms. The molecule has 2 N–H and O–H groups in total. The third-order valence-corrected chi connectivity index (χ3v) is 2.31. The number of rotatable bonds is 7. The van der Waals surface area contributed by atoms with Crippen LogP contribution in [0.4, 0.5) is 0 Å². The zero-order valence-corrected chi connectivity index (χ0v) is 9.02. The zero-order chi connectivity index (χ0) is 11.0. The Morgan fingerprint density at radius 3 is 2.57 bits per heavy atom. The number of ether oxygens (including phenoxy) is 1. The van der Waals surface area contributed by atoms with E-state index in [4.69, 9.17) is 14.9 Å². The molecule has 0 fully saturated rings. The minimum absolute atomic E-state index is 0.0409. The Labute approximate surface area is 84.9 Å². The first-order chi connectivity index (χ1) is 6.52. The number of ketones is 1. The predicted octanol–water partition coefficient (Wildman–Crippen LogP) is -0.711. The molecule has 0 aromatic carbocycles. The lowest BCUT2D eigenvalue weighted by Crippen LogP contribution is -2.15. The van der Waals surface area contributed by atoms with Crippen molar-refractivity contribution in [1.29, 1.82) is 0 Å². The first kappa shape index (κ1) is 13.3. The predicted molar refractivity (Wildman–Crippen MR) is 49.7 cm³/mol. The molecule has 80 valence electrons. The summed E-state index contributed by atoms with van der Waals surface area (Å²) < 4.78 is 4.72. The van der Waals surface area contributed by atoms with Gasteiger partial charge in [0.2, 0.25) is 0 Å². The summed E-state index contributed by atoms with van der Waals surface area (Å²) in [5.74, 6) is -2.02. The van der Waals surface area contributed by atoms with E-state index >= 15 is 0 Å². The maximum atomic E-state index is 10.8. The van der Waals surface area contributed by atoms with E-state index in [9.17, 15) is 9.59 Å². The summed E-state index contributed by atoms with van der Waals surface area (Å²) in [6, 6.07) is 0.602. The number of aliphatic hydroxyl groups is 2. The Hall–Kier alpha value is -0.723. The number of Topliss-reactive ketones (excluding diaryl/α,β-unsaturated/α-hetero) is 1. The SMILES string of the molecule is CC(=O)CC(=O)OCCC[Si]C(O)O. The Bertz CT molecular complexity index is 192. The van der Waals surface area contributed by atoms with Crippen molar-refractivity contribution in [3.63, 3.8) is 0 Å². The van der Waals surface area contributed by atoms with Gasteiger partial charge in [0, 0.05) is 0 Å². The second-order valence-corrected chi connectivity index (χ2v) is 4.21. The van der Waals surface area contributed by atoms with Crippen molar-refractivity contribution in [2.24, 2.45) is 0 Å². The van der Waals surface area contributed by atoms with Gasteiger partial charge in [-0.1, -0.05) is 6.04 Å². The lowest BCUT2D eigenvalue weighted by molar-refractivity contribution is -0.145. The molecule has 0 atom stereocenters. The smallest absolute Gasteiger partial charge is 0.313 e. The standard InChI is InChI=1S/C8H14O5Si/c1-6(9)5-7(10)13-3-2-4-14-8(11)12/h8,11-12H,2-5H2,1H3. The number of hydrogen-bond acceptors (Lipinski definition) is 5. The van der Waals surface area contributed by atoms with E-state index in [1.807, 2.05) is 0 Å². The molecule has 0 rings (SSSR count). The van der Waals surface area contributed by atoms with Crippen molar-refractivity contribution in [1.82, 2.24) is 0 Å². The fraction of sp³-hybridized carbons (Fsp3) is 0.750. The molecular weight excluding hydrogens is 204 g/mol. The van der Waals surface area contributed by atoms with E-state index in [0.717, 1.165) is 0 Å². The van der Waals surface area contributed by atoms with Gasteiger partial charge in [-0.05, 0) is 13.3 Å². The topological polar surface area (TPSA) is 83.8 Å². The molecular formula is C8H14O5Si. The number of hydrogen-bond donors (Lipinski definition) is 2. The number of esters is 1. The van der Waals surface area contributed by atoms with Crippen LogP contribution in [0, 0.1) is 0 Å². The number of carbonyl (C=O) groups is 2. The molecule has 14 heavy (non-hydrogen) atoms. The van der Waals surface area contributed by atoms with Crippen molar-refractivity contribution in [3.05, 3.63) is 0 Å². The average molecular weight is 218 g/mol. The van der Waals surface area contributed by atoms with Gasteiger partial charge in [-0.15, -0.1) is 0 Å². The van der Waals surface area contributed by atoms with Gasteiger partial charge in [0.1, 0.15) is 27.6 Å². The molecule has 0 spiro atoms. The number of aliphatic hydroxyl groups excluding tert-OH is 1. The first-order valence-corrected chi connectivity index (χ1v) is 5.55. The summed E-state index contributed by atoms with van der Waals surface area (Å²) in [4.78, 5) is 21.3.